The normalized spacial score (nSPS) is 7.82. The van der Waals surface area contributed by atoms with E-state index in [0.29, 0.717) is 0 Å². The van der Waals surface area contributed by atoms with Gasteiger partial charge in [-0.05, 0) is 26.2 Å². The fourth-order valence-electron chi connectivity index (χ4n) is 0.510. The molecule has 0 amide bonds. The van der Waals surface area contributed by atoms with E-state index in [1.165, 1.54) is 7.11 Å². The summed E-state index contributed by atoms with van der Waals surface area (Å²) in [7, 11) is 1.38. The molecule has 1 atom stereocenters. The molecule has 0 aromatic heterocycles. The second-order valence-corrected chi connectivity index (χ2v) is 1.93. The molecule has 0 saturated carbocycles. The maximum atomic E-state index is 10.7. The van der Waals surface area contributed by atoms with Crippen LogP contribution >= 0.6 is 0 Å². The summed E-state index contributed by atoms with van der Waals surface area (Å²) in [6.07, 6.45) is 5.08. The van der Waals surface area contributed by atoms with Gasteiger partial charge in [0.1, 0.15) is 0 Å². The van der Waals surface area contributed by atoms with E-state index in [1.807, 2.05) is 0 Å². The van der Waals surface area contributed by atoms with Crippen LogP contribution in [-0.4, -0.2) is 13.1 Å². The van der Waals surface area contributed by atoms with E-state index in [0.717, 1.165) is 0 Å². The second-order valence-electron chi connectivity index (χ2n) is 1.93. The molecule has 0 heterocycles. The zero-order valence-electron chi connectivity index (χ0n) is 9.41. The molecule has 5 nitrogen and oxygen atoms in total. The van der Waals surface area contributed by atoms with Crippen LogP contribution in [0.5, 0.6) is 0 Å². The first-order valence-electron chi connectivity index (χ1n) is 3.70. The molecule has 6 heteroatoms. The molecule has 4 radical (unpaired) electrons. The van der Waals surface area contributed by atoms with Gasteiger partial charge in [0.05, 0.1) is 13.0 Å². The molecule has 0 fully saturated rings. The first-order valence-corrected chi connectivity index (χ1v) is 3.70. The number of hydrogen-bond acceptors (Lipinski definition) is 2. The Hall–Kier alpha value is -0.791. The number of ether oxygens (including phenoxy) is 1. The Bertz CT molecular complexity index is 184. The van der Waals surface area contributed by atoms with Crippen molar-refractivity contribution in [2.24, 2.45) is 5.92 Å². The number of rotatable bonds is 4. The minimum atomic E-state index is -0.224. The van der Waals surface area contributed by atoms with Crippen LogP contribution in [0.25, 0.3) is 0 Å². The van der Waals surface area contributed by atoms with Gasteiger partial charge >= 0.3 is 39.9 Å². The van der Waals surface area contributed by atoms with Crippen LogP contribution in [0.4, 0.5) is 0 Å². The number of carbonyl (C=O) groups excluding carboxylic acids is 1. The molecule has 0 aromatic carbocycles. The Morgan fingerprint density at radius 1 is 1.24 bits per heavy atom. The summed E-state index contributed by atoms with van der Waals surface area (Å²) >= 11 is 0. The molecular weight excluding hydrogens is 268 g/mol. The van der Waals surface area contributed by atoms with E-state index >= 15 is 0 Å². The van der Waals surface area contributed by atoms with Crippen molar-refractivity contribution in [2.75, 3.05) is 7.11 Å². The van der Waals surface area contributed by atoms with Gasteiger partial charge in [-0.25, -0.2) is 0 Å². The third kappa shape index (κ3) is 31.3. The summed E-state index contributed by atoms with van der Waals surface area (Å²) in [5, 5.41) is 0. The monoisotopic (exact) mass is 280 g/mol. The number of hydrogen-bond donors (Lipinski definition) is 0. The second kappa shape index (κ2) is 36.2. The summed E-state index contributed by atoms with van der Waals surface area (Å²) in [5.41, 5.74) is 0. The summed E-state index contributed by atoms with van der Waals surface area (Å²) in [6.45, 7) is 18.7. The smallest absolute Gasteiger partial charge is 0.308 e. The predicted molar refractivity (Wildman–Crippen MR) is 51.2 cm³/mol. The number of methoxy groups -OCH3 is 1. The zero-order chi connectivity index (χ0) is 14.0. The van der Waals surface area contributed by atoms with Crippen LogP contribution in [0.3, 0.4) is 0 Å². The molecule has 17 heavy (non-hydrogen) atoms. The van der Waals surface area contributed by atoms with Crippen LogP contribution in [0.1, 0.15) is 6.92 Å². The Balaban J connectivity index is -0.0000000594. The van der Waals surface area contributed by atoms with Crippen molar-refractivity contribution >= 4 is 5.97 Å². The van der Waals surface area contributed by atoms with Gasteiger partial charge in [-0.1, -0.05) is 6.92 Å². The summed E-state index contributed by atoms with van der Waals surface area (Å²) in [4.78, 5) is 10.7. The van der Waals surface area contributed by atoms with Gasteiger partial charge in [0.2, 0.25) is 0 Å². The van der Waals surface area contributed by atoms with Gasteiger partial charge in [-0.3, -0.25) is 4.79 Å². The first kappa shape index (κ1) is 29.8. The molecular formula is C11H12FeO5. The van der Waals surface area contributed by atoms with Gasteiger partial charge in [-0.15, -0.1) is 0 Å². The Morgan fingerprint density at radius 2 is 1.59 bits per heavy atom. The van der Waals surface area contributed by atoms with E-state index in [9.17, 15) is 4.79 Å². The van der Waals surface area contributed by atoms with E-state index in [-0.39, 0.29) is 29.0 Å². The Kier molecular flexibility index (Phi) is 63.6. The summed E-state index contributed by atoms with van der Waals surface area (Å²) < 4.78 is 27.0. The SMILES string of the molecule is [C-]#[O+].[C-]#[O+].[C-]#[O+].[CH2][CH][CH][CH][C@H](C)C(=O)OC.[Fe]. The van der Waals surface area contributed by atoms with Crippen molar-refractivity contribution < 1.29 is 40.6 Å². The molecule has 0 unspecified atom stereocenters. The summed E-state index contributed by atoms with van der Waals surface area (Å²) in [5.74, 6) is -0.402. The minimum absolute atomic E-state index is 0. The molecule has 0 aliphatic rings. The van der Waals surface area contributed by atoms with E-state index in [1.54, 1.807) is 26.2 Å². The standard InChI is InChI=1S/C8H12O2.3CO.Fe/c1-4-5-6-7(2)8(9)10-3;3*1-2;/h4-7H,1H2,2-3H3;;;;/t7-;;;;/m0..../s1. The molecule has 0 rings (SSSR count). The van der Waals surface area contributed by atoms with Crippen LogP contribution in [0, 0.1) is 52.1 Å². The minimum Gasteiger partial charge on any atom is -0.469 e. The van der Waals surface area contributed by atoms with Gasteiger partial charge in [-0.2, -0.15) is 0 Å². The molecule has 0 N–H and O–H groups in total. The molecule has 0 aliphatic heterocycles. The van der Waals surface area contributed by atoms with E-state index in [4.69, 9.17) is 14.0 Å². The maximum Gasteiger partial charge on any atom is 0.308 e. The van der Waals surface area contributed by atoms with Crippen molar-refractivity contribution in [1.29, 1.82) is 0 Å². The fourth-order valence-corrected chi connectivity index (χ4v) is 0.510. The molecule has 0 saturated heterocycles. The predicted octanol–water partition coefficient (Wildman–Crippen LogP) is 1.13. The van der Waals surface area contributed by atoms with Crippen molar-refractivity contribution in [2.45, 2.75) is 6.92 Å². The summed E-state index contributed by atoms with van der Waals surface area (Å²) in [6, 6.07) is 0. The quantitative estimate of drug-likeness (QED) is 0.334. The van der Waals surface area contributed by atoms with Crippen molar-refractivity contribution in [3.05, 3.63) is 46.1 Å². The Labute approximate surface area is 113 Å². The topological polar surface area (TPSA) is 86.0 Å². The first-order chi connectivity index (χ1) is 7.72. The largest absolute Gasteiger partial charge is 0.469 e. The average Bonchev–Trinajstić information content (AvgIpc) is 2.41. The zero-order valence-corrected chi connectivity index (χ0v) is 10.5. The number of unbranched alkanes of at least 4 members (excludes halogenated alkanes) is 1. The van der Waals surface area contributed by atoms with Crippen molar-refractivity contribution in [3.63, 3.8) is 0 Å². The van der Waals surface area contributed by atoms with Gasteiger partial charge in [0, 0.05) is 17.1 Å². The van der Waals surface area contributed by atoms with Crippen LogP contribution in [-0.2, 0) is 40.6 Å². The van der Waals surface area contributed by atoms with Crippen LogP contribution < -0.4 is 0 Å². The molecule has 94 valence electrons. The van der Waals surface area contributed by atoms with E-state index in [2.05, 4.69) is 31.6 Å². The molecule has 0 bridgehead atoms. The molecule has 0 spiro atoms. The van der Waals surface area contributed by atoms with Gasteiger partial charge < -0.3 is 4.74 Å². The Morgan fingerprint density at radius 3 is 1.82 bits per heavy atom. The fraction of sp³-hybridized carbons (Fsp3) is 0.273. The average molecular weight is 280 g/mol. The van der Waals surface area contributed by atoms with Gasteiger partial charge in [0.25, 0.3) is 0 Å². The van der Waals surface area contributed by atoms with Crippen LogP contribution in [0.15, 0.2) is 0 Å². The third-order valence-corrected chi connectivity index (χ3v) is 1.11. The number of esters is 1. The third-order valence-electron chi connectivity index (χ3n) is 1.11. The van der Waals surface area contributed by atoms with Crippen LogP contribution in [0.2, 0.25) is 0 Å². The van der Waals surface area contributed by atoms with Crippen molar-refractivity contribution in [1.82, 2.24) is 0 Å². The number of carbonyl (C=O) groups is 1. The molecule has 0 aliphatic carbocycles. The van der Waals surface area contributed by atoms with Gasteiger partial charge in [0.15, 0.2) is 0 Å². The maximum absolute atomic E-state index is 10.7. The molecule has 0 aromatic rings. The van der Waals surface area contributed by atoms with Crippen molar-refractivity contribution in [3.8, 4) is 0 Å². The van der Waals surface area contributed by atoms with E-state index < -0.39 is 0 Å².